The van der Waals surface area contributed by atoms with E-state index < -0.39 is 15.9 Å². The third kappa shape index (κ3) is 4.73. The van der Waals surface area contributed by atoms with Gasteiger partial charge in [-0.25, -0.2) is 8.42 Å². The number of para-hydroxylation sites is 1. The molecule has 5 nitrogen and oxygen atoms in total. The van der Waals surface area contributed by atoms with Gasteiger partial charge in [-0.2, -0.15) is 4.31 Å². The van der Waals surface area contributed by atoms with Crippen molar-refractivity contribution in [2.45, 2.75) is 11.8 Å². The molecule has 3 rings (SSSR count). The number of hydrogen-bond acceptors (Lipinski definition) is 4. The van der Waals surface area contributed by atoms with Crippen LogP contribution in [0.2, 0.25) is 0 Å². The highest BCUT2D eigenvalue weighted by atomic mass is 32.2. The molecular weight excluding hydrogens is 386 g/mol. The van der Waals surface area contributed by atoms with Crippen molar-refractivity contribution in [3.05, 3.63) is 96.1 Å². The minimum absolute atomic E-state index is 0.0538. The van der Waals surface area contributed by atoms with Crippen LogP contribution in [0.4, 0.5) is 5.69 Å². The number of methoxy groups -OCH3 is 1. The van der Waals surface area contributed by atoms with Crippen LogP contribution in [0.3, 0.4) is 0 Å². The van der Waals surface area contributed by atoms with Crippen LogP contribution < -0.4 is 9.04 Å². The normalized spacial score (nSPS) is 11.4. The summed E-state index contributed by atoms with van der Waals surface area (Å²) in [6.07, 6.45) is 2.82. The van der Waals surface area contributed by atoms with Gasteiger partial charge in [0.1, 0.15) is 5.75 Å². The van der Waals surface area contributed by atoms with Crippen molar-refractivity contribution in [1.82, 2.24) is 0 Å². The zero-order chi connectivity index (χ0) is 20.9. The van der Waals surface area contributed by atoms with E-state index in [1.807, 2.05) is 6.92 Å². The molecule has 6 heteroatoms. The summed E-state index contributed by atoms with van der Waals surface area (Å²) < 4.78 is 32.4. The number of amides is 1. The van der Waals surface area contributed by atoms with Crippen molar-refractivity contribution in [2.24, 2.45) is 0 Å². The van der Waals surface area contributed by atoms with Gasteiger partial charge in [-0.3, -0.25) is 4.79 Å². The predicted octanol–water partition coefficient (Wildman–Crippen LogP) is 4.44. The first kappa shape index (κ1) is 20.4. The van der Waals surface area contributed by atoms with E-state index in [0.29, 0.717) is 5.75 Å². The van der Waals surface area contributed by atoms with Crippen molar-refractivity contribution in [2.75, 3.05) is 11.4 Å². The summed E-state index contributed by atoms with van der Waals surface area (Å²) in [4.78, 5) is 13.0. The topological polar surface area (TPSA) is 63.7 Å². The Labute approximate surface area is 170 Å². The Kier molecular flexibility index (Phi) is 6.14. The van der Waals surface area contributed by atoms with Crippen LogP contribution in [0, 0.1) is 6.92 Å². The molecule has 0 aliphatic heterocycles. The van der Waals surface area contributed by atoms with Crippen molar-refractivity contribution in [3.63, 3.8) is 0 Å². The number of sulfonamides is 1. The Morgan fingerprint density at radius 1 is 0.897 bits per heavy atom. The Morgan fingerprint density at radius 3 is 2.10 bits per heavy atom. The number of carbonyl (C=O) groups is 1. The van der Waals surface area contributed by atoms with Crippen molar-refractivity contribution in [3.8, 4) is 5.75 Å². The third-order valence-corrected chi connectivity index (χ3v) is 6.02. The van der Waals surface area contributed by atoms with E-state index in [0.717, 1.165) is 15.4 Å². The molecule has 29 heavy (non-hydrogen) atoms. The Morgan fingerprint density at radius 2 is 1.52 bits per heavy atom. The van der Waals surface area contributed by atoms with Gasteiger partial charge in [0.25, 0.3) is 15.9 Å². The number of aryl methyl sites for hydroxylation is 1. The average molecular weight is 407 g/mol. The molecule has 0 radical (unpaired) electrons. The SMILES string of the molecule is COc1ccc(/C=C/C(=O)N(c2ccccc2)S(=O)(=O)c2ccc(C)cc2)cc1. The number of nitrogens with zero attached hydrogens (tertiary/aromatic N) is 1. The molecule has 0 heterocycles. The zero-order valence-corrected chi connectivity index (χ0v) is 17.0. The molecule has 148 valence electrons. The fraction of sp³-hybridized carbons (Fsp3) is 0.0870. The lowest BCUT2D eigenvalue weighted by Gasteiger charge is -2.21. The molecule has 0 N–H and O–H groups in total. The van der Waals surface area contributed by atoms with E-state index in [1.165, 1.54) is 18.2 Å². The van der Waals surface area contributed by atoms with E-state index in [9.17, 15) is 13.2 Å². The van der Waals surface area contributed by atoms with Crippen LogP contribution >= 0.6 is 0 Å². The summed E-state index contributed by atoms with van der Waals surface area (Å²) in [5.74, 6) is 0.0360. The second-order valence-corrected chi connectivity index (χ2v) is 8.15. The molecule has 0 aliphatic carbocycles. The Balaban J connectivity index is 1.98. The fourth-order valence-corrected chi connectivity index (χ4v) is 4.10. The van der Waals surface area contributed by atoms with E-state index in [4.69, 9.17) is 4.74 Å². The molecule has 0 aromatic heterocycles. The van der Waals surface area contributed by atoms with Crippen molar-refractivity contribution >= 4 is 27.7 Å². The molecule has 0 saturated carbocycles. The van der Waals surface area contributed by atoms with Crippen molar-refractivity contribution in [1.29, 1.82) is 0 Å². The summed E-state index contributed by atoms with van der Waals surface area (Å²) in [7, 11) is -2.50. The van der Waals surface area contributed by atoms with Gasteiger partial charge in [-0.15, -0.1) is 0 Å². The van der Waals surface area contributed by atoms with Gasteiger partial charge in [0.15, 0.2) is 0 Å². The molecule has 0 fully saturated rings. The molecule has 3 aromatic rings. The molecule has 0 unspecified atom stereocenters. The van der Waals surface area contributed by atoms with Crippen LogP contribution in [0.5, 0.6) is 5.75 Å². The van der Waals surface area contributed by atoms with E-state index in [-0.39, 0.29) is 10.6 Å². The van der Waals surface area contributed by atoms with E-state index in [2.05, 4.69) is 0 Å². The molecular formula is C23H21NO4S. The molecule has 1 amide bonds. The number of hydrogen-bond donors (Lipinski definition) is 0. The van der Waals surface area contributed by atoms with E-state index in [1.54, 1.807) is 79.9 Å². The maximum absolute atomic E-state index is 13.2. The molecule has 0 bridgehead atoms. The summed E-state index contributed by atoms with van der Waals surface area (Å²) in [5.41, 5.74) is 1.96. The van der Waals surface area contributed by atoms with Crippen molar-refractivity contribution < 1.29 is 17.9 Å². The second kappa shape index (κ2) is 8.75. The Bertz CT molecular complexity index is 1100. The zero-order valence-electron chi connectivity index (χ0n) is 16.1. The first-order valence-corrected chi connectivity index (χ1v) is 10.4. The number of rotatable bonds is 6. The summed E-state index contributed by atoms with van der Waals surface area (Å²) in [5, 5.41) is 0. The number of carbonyl (C=O) groups excluding carboxylic acids is 1. The minimum atomic E-state index is -4.07. The maximum Gasteiger partial charge on any atom is 0.271 e. The predicted molar refractivity (Wildman–Crippen MR) is 114 cm³/mol. The summed E-state index contributed by atoms with van der Waals surface area (Å²) in [6, 6.07) is 21.8. The van der Waals surface area contributed by atoms with Crippen LogP contribution in [-0.4, -0.2) is 21.4 Å². The van der Waals surface area contributed by atoms with Gasteiger partial charge in [-0.1, -0.05) is 48.0 Å². The van der Waals surface area contributed by atoms with Gasteiger partial charge < -0.3 is 4.74 Å². The summed E-state index contributed by atoms with van der Waals surface area (Å²) in [6.45, 7) is 1.87. The van der Waals surface area contributed by atoms with Gasteiger partial charge in [-0.05, 0) is 55.0 Å². The monoisotopic (exact) mass is 407 g/mol. The van der Waals surface area contributed by atoms with Crippen LogP contribution in [0.25, 0.3) is 6.08 Å². The number of ether oxygens (including phenoxy) is 1. The van der Waals surface area contributed by atoms with Crippen LogP contribution in [-0.2, 0) is 14.8 Å². The second-order valence-electron chi connectivity index (χ2n) is 6.36. The molecule has 0 spiro atoms. The van der Waals surface area contributed by atoms with Crippen LogP contribution in [0.15, 0.2) is 89.8 Å². The number of benzene rings is 3. The fourth-order valence-electron chi connectivity index (χ4n) is 2.71. The lowest BCUT2D eigenvalue weighted by atomic mass is 10.2. The van der Waals surface area contributed by atoms with Gasteiger partial charge in [0.05, 0.1) is 17.7 Å². The average Bonchev–Trinajstić information content (AvgIpc) is 2.73. The quantitative estimate of drug-likeness (QED) is 0.567. The minimum Gasteiger partial charge on any atom is -0.497 e. The summed E-state index contributed by atoms with van der Waals surface area (Å²) >= 11 is 0. The van der Waals surface area contributed by atoms with Gasteiger partial charge in [0, 0.05) is 6.08 Å². The van der Waals surface area contributed by atoms with E-state index >= 15 is 0 Å². The first-order chi connectivity index (χ1) is 13.9. The molecule has 0 atom stereocenters. The lowest BCUT2D eigenvalue weighted by Crippen LogP contribution is -2.35. The van der Waals surface area contributed by atoms with Gasteiger partial charge in [0.2, 0.25) is 0 Å². The van der Waals surface area contributed by atoms with Crippen LogP contribution in [0.1, 0.15) is 11.1 Å². The maximum atomic E-state index is 13.2. The molecule has 0 saturated heterocycles. The standard InChI is InChI=1S/C23H21NO4S/c1-18-8-15-22(16-9-18)29(26,27)24(20-6-4-3-5-7-20)23(25)17-12-19-10-13-21(28-2)14-11-19/h3-17H,1-2H3/b17-12+. The first-order valence-electron chi connectivity index (χ1n) is 8.95. The highest BCUT2D eigenvalue weighted by molar-refractivity contribution is 7.93. The Hall–Kier alpha value is -3.38. The largest absolute Gasteiger partial charge is 0.497 e. The highest BCUT2D eigenvalue weighted by Crippen LogP contribution is 2.24. The number of anilines is 1. The highest BCUT2D eigenvalue weighted by Gasteiger charge is 2.29. The third-order valence-electron chi connectivity index (χ3n) is 4.28. The van der Waals surface area contributed by atoms with Gasteiger partial charge >= 0.3 is 0 Å². The molecule has 0 aliphatic rings. The smallest absolute Gasteiger partial charge is 0.271 e. The lowest BCUT2D eigenvalue weighted by molar-refractivity contribution is -0.113. The molecule has 3 aromatic carbocycles.